The molecule has 1 aromatic rings. The summed E-state index contributed by atoms with van der Waals surface area (Å²) in [5, 5.41) is 11.5. The zero-order valence-corrected chi connectivity index (χ0v) is 10.9. The summed E-state index contributed by atoms with van der Waals surface area (Å²) in [7, 11) is 0. The molecule has 0 spiro atoms. The van der Waals surface area contributed by atoms with Crippen molar-refractivity contribution in [3.63, 3.8) is 0 Å². The second-order valence-corrected chi connectivity index (χ2v) is 4.47. The highest BCUT2D eigenvalue weighted by Gasteiger charge is 2.07. The van der Waals surface area contributed by atoms with E-state index in [-0.39, 0.29) is 12.5 Å². The van der Waals surface area contributed by atoms with Crippen molar-refractivity contribution in [2.75, 3.05) is 18.9 Å². The number of hydrogen-bond acceptors (Lipinski definition) is 3. The molecular formula is C14H22N2O2. The Morgan fingerprint density at radius 3 is 2.67 bits per heavy atom. The van der Waals surface area contributed by atoms with Crippen molar-refractivity contribution in [3.8, 4) is 0 Å². The fourth-order valence-electron chi connectivity index (χ4n) is 1.83. The number of aliphatic hydroxyl groups excluding tert-OH is 1. The number of nitrogens with one attached hydrogen (secondary N) is 1. The van der Waals surface area contributed by atoms with Crippen LogP contribution in [-0.2, 0) is 0 Å². The lowest BCUT2D eigenvalue weighted by atomic mass is 10.1. The number of aryl methyl sites for hydroxylation is 1. The molecule has 4 N–H and O–H groups in total. The Labute approximate surface area is 108 Å². The van der Waals surface area contributed by atoms with Crippen LogP contribution in [0, 0.1) is 6.92 Å². The number of unbranched alkanes of at least 4 members (excludes halogenated alkanes) is 3. The summed E-state index contributed by atoms with van der Waals surface area (Å²) < 4.78 is 0. The number of nitrogen functional groups attached to an aromatic ring is 1. The smallest absolute Gasteiger partial charge is 0.251 e. The molecule has 0 bridgehead atoms. The van der Waals surface area contributed by atoms with Crippen molar-refractivity contribution in [2.45, 2.75) is 32.6 Å². The van der Waals surface area contributed by atoms with Crippen molar-refractivity contribution in [1.82, 2.24) is 5.32 Å². The molecule has 0 radical (unpaired) electrons. The lowest BCUT2D eigenvalue weighted by Gasteiger charge is -2.08. The number of carbonyl (C=O) groups excluding carboxylic acids is 1. The Morgan fingerprint density at radius 2 is 2.00 bits per heavy atom. The summed E-state index contributed by atoms with van der Waals surface area (Å²) in [5.41, 5.74) is 7.89. The average Bonchev–Trinajstić information content (AvgIpc) is 2.33. The van der Waals surface area contributed by atoms with E-state index in [1.54, 1.807) is 18.2 Å². The van der Waals surface area contributed by atoms with E-state index in [0.717, 1.165) is 31.2 Å². The molecule has 4 nitrogen and oxygen atoms in total. The van der Waals surface area contributed by atoms with Gasteiger partial charge in [-0.2, -0.15) is 0 Å². The van der Waals surface area contributed by atoms with Gasteiger partial charge in [-0.05, 0) is 43.5 Å². The first-order chi connectivity index (χ1) is 8.65. The topological polar surface area (TPSA) is 75.4 Å². The van der Waals surface area contributed by atoms with Gasteiger partial charge < -0.3 is 16.2 Å². The van der Waals surface area contributed by atoms with Gasteiger partial charge in [0, 0.05) is 24.4 Å². The van der Waals surface area contributed by atoms with Crippen molar-refractivity contribution in [3.05, 3.63) is 29.3 Å². The number of anilines is 1. The van der Waals surface area contributed by atoms with Gasteiger partial charge in [0.05, 0.1) is 0 Å². The molecule has 18 heavy (non-hydrogen) atoms. The molecule has 1 aromatic carbocycles. The number of nitrogens with two attached hydrogens (primary N) is 1. The molecule has 0 atom stereocenters. The predicted octanol–water partition coefficient (Wildman–Crippen LogP) is 1.86. The molecule has 1 rings (SSSR count). The van der Waals surface area contributed by atoms with E-state index in [9.17, 15) is 4.79 Å². The Kier molecular flexibility index (Phi) is 6.22. The highest BCUT2D eigenvalue weighted by molar-refractivity contribution is 5.95. The van der Waals surface area contributed by atoms with Gasteiger partial charge in [0.2, 0.25) is 0 Å². The van der Waals surface area contributed by atoms with Gasteiger partial charge >= 0.3 is 0 Å². The second-order valence-electron chi connectivity index (χ2n) is 4.47. The van der Waals surface area contributed by atoms with E-state index < -0.39 is 0 Å². The van der Waals surface area contributed by atoms with Gasteiger partial charge in [-0.3, -0.25) is 4.79 Å². The van der Waals surface area contributed by atoms with E-state index in [1.807, 2.05) is 6.92 Å². The maximum atomic E-state index is 11.9. The minimum absolute atomic E-state index is 0.0466. The molecule has 1 amide bonds. The molecular weight excluding hydrogens is 228 g/mol. The van der Waals surface area contributed by atoms with Crippen LogP contribution in [0.4, 0.5) is 5.69 Å². The van der Waals surface area contributed by atoms with E-state index >= 15 is 0 Å². The summed E-state index contributed by atoms with van der Waals surface area (Å²) in [6, 6.07) is 5.30. The Bertz CT molecular complexity index is 391. The third-order valence-electron chi connectivity index (χ3n) is 2.87. The predicted molar refractivity (Wildman–Crippen MR) is 73.5 cm³/mol. The molecule has 0 heterocycles. The van der Waals surface area contributed by atoms with Crippen LogP contribution < -0.4 is 11.1 Å². The van der Waals surface area contributed by atoms with Crippen molar-refractivity contribution < 1.29 is 9.90 Å². The molecule has 0 unspecified atom stereocenters. The second kappa shape index (κ2) is 7.71. The average molecular weight is 250 g/mol. The lowest BCUT2D eigenvalue weighted by molar-refractivity contribution is 0.0952. The monoisotopic (exact) mass is 250 g/mol. The molecule has 0 aliphatic heterocycles. The van der Waals surface area contributed by atoms with Gasteiger partial charge in [-0.15, -0.1) is 0 Å². The Morgan fingerprint density at radius 1 is 1.28 bits per heavy atom. The van der Waals surface area contributed by atoms with Crippen LogP contribution in [-0.4, -0.2) is 24.2 Å². The summed E-state index contributed by atoms with van der Waals surface area (Å²) in [5.74, 6) is -0.0466. The van der Waals surface area contributed by atoms with Crippen LogP contribution in [0.2, 0.25) is 0 Å². The van der Waals surface area contributed by atoms with Crippen LogP contribution >= 0.6 is 0 Å². The van der Waals surface area contributed by atoms with Crippen LogP contribution in [0.3, 0.4) is 0 Å². The fourth-order valence-corrected chi connectivity index (χ4v) is 1.83. The zero-order valence-electron chi connectivity index (χ0n) is 10.9. The van der Waals surface area contributed by atoms with E-state index in [0.29, 0.717) is 17.8 Å². The Hall–Kier alpha value is -1.55. The lowest BCUT2D eigenvalue weighted by Crippen LogP contribution is -2.25. The molecule has 0 aromatic heterocycles. The fraction of sp³-hybridized carbons (Fsp3) is 0.500. The summed E-state index contributed by atoms with van der Waals surface area (Å²) >= 11 is 0. The van der Waals surface area contributed by atoms with Crippen molar-refractivity contribution in [1.29, 1.82) is 0 Å². The van der Waals surface area contributed by atoms with Gasteiger partial charge in [-0.1, -0.05) is 12.8 Å². The van der Waals surface area contributed by atoms with Crippen LogP contribution in [0.5, 0.6) is 0 Å². The zero-order chi connectivity index (χ0) is 13.4. The normalized spacial score (nSPS) is 10.3. The quantitative estimate of drug-likeness (QED) is 0.510. The van der Waals surface area contributed by atoms with Crippen molar-refractivity contribution >= 4 is 11.6 Å². The number of rotatable bonds is 7. The molecule has 4 heteroatoms. The molecule has 0 aliphatic carbocycles. The minimum Gasteiger partial charge on any atom is -0.399 e. The first-order valence-electron chi connectivity index (χ1n) is 6.40. The van der Waals surface area contributed by atoms with Crippen LogP contribution in [0.15, 0.2) is 18.2 Å². The number of hydrogen-bond donors (Lipinski definition) is 3. The number of benzene rings is 1. The SMILES string of the molecule is Cc1cc(N)ccc1C(=O)NCCCCCCO. The third-order valence-corrected chi connectivity index (χ3v) is 2.87. The summed E-state index contributed by atoms with van der Waals surface area (Å²) in [6.07, 6.45) is 3.82. The largest absolute Gasteiger partial charge is 0.399 e. The number of amides is 1. The van der Waals surface area contributed by atoms with E-state index in [4.69, 9.17) is 10.8 Å². The Balaban J connectivity index is 2.32. The summed E-state index contributed by atoms with van der Waals surface area (Å²) in [4.78, 5) is 11.9. The standard InChI is InChI=1S/C14H22N2O2/c1-11-10-12(15)6-7-13(11)14(18)16-8-4-2-3-5-9-17/h6-7,10,17H,2-5,8-9,15H2,1H3,(H,16,18). The highest BCUT2D eigenvalue weighted by Crippen LogP contribution is 2.12. The van der Waals surface area contributed by atoms with Gasteiger partial charge in [0.25, 0.3) is 5.91 Å². The minimum atomic E-state index is -0.0466. The molecule has 0 aliphatic rings. The van der Waals surface area contributed by atoms with Gasteiger partial charge in [0.15, 0.2) is 0 Å². The van der Waals surface area contributed by atoms with Gasteiger partial charge in [0.1, 0.15) is 0 Å². The highest BCUT2D eigenvalue weighted by atomic mass is 16.2. The van der Waals surface area contributed by atoms with Crippen LogP contribution in [0.25, 0.3) is 0 Å². The number of carbonyl (C=O) groups is 1. The van der Waals surface area contributed by atoms with E-state index in [2.05, 4.69) is 5.32 Å². The first-order valence-corrected chi connectivity index (χ1v) is 6.40. The molecule has 0 saturated heterocycles. The molecule has 100 valence electrons. The maximum absolute atomic E-state index is 11.9. The van der Waals surface area contributed by atoms with Crippen LogP contribution in [0.1, 0.15) is 41.6 Å². The van der Waals surface area contributed by atoms with Crippen molar-refractivity contribution in [2.24, 2.45) is 0 Å². The molecule has 0 fully saturated rings. The third kappa shape index (κ3) is 4.75. The summed E-state index contributed by atoms with van der Waals surface area (Å²) in [6.45, 7) is 2.80. The van der Waals surface area contributed by atoms with E-state index in [1.165, 1.54) is 0 Å². The van der Waals surface area contributed by atoms with Gasteiger partial charge in [-0.25, -0.2) is 0 Å². The molecule has 0 saturated carbocycles. The maximum Gasteiger partial charge on any atom is 0.251 e. The number of aliphatic hydroxyl groups is 1. The first kappa shape index (κ1) is 14.5.